The molecule has 0 aromatic rings. The van der Waals surface area contributed by atoms with Crippen molar-refractivity contribution >= 4 is 0 Å². The van der Waals surface area contributed by atoms with Crippen molar-refractivity contribution in [2.45, 2.75) is 52.6 Å². The molecule has 21 heavy (non-hydrogen) atoms. The third kappa shape index (κ3) is 7.09. The molecule has 4 nitrogen and oxygen atoms in total. The Kier molecular flexibility index (Phi) is 9.49. The Morgan fingerprint density at radius 1 is 1.05 bits per heavy atom. The van der Waals surface area contributed by atoms with Gasteiger partial charge >= 0.3 is 0 Å². The van der Waals surface area contributed by atoms with Crippen LogP contribution in [0.4, 0.5) is 0 Å². The Labute approximate surface area is 131 Å². The van der Waals surface area contributed by atoms with Gasteiger partial charge in [-0.3, -0.25) is 4.90 Å². The number of nitrogens with zero attached hydrogens (tertiary/aromatic N) is 1. The molecule has 1 N–H and O–H groups in total. The average molecular weight is 300 g/mol. The fraction of sp³-hybridized carbons (Fsp3) is 1.00. The lowest BCUT2D eigenvalue weighted by Gasteiger charge is -2.43. The Balaban J connectivity index is 2.27. The highest BCUT2D eigenvalue weighted by atomic mass is 16.5. The summed E-state index contributed by atoms with van der Waals surface area (Å²) in [7, 11) is 1.71. The molecule has 0 aromatic heterocycles. The highest BCUT2D eigenvalue weighted by molar-refractivity contribution is 4.88. The molecule has 0 bridgehead atoms. The second-order valence-corrected chi connectivity index (χ2v) is 6.88. The van der Waals surface area contributed by atoms with Gasteiger partial charge in [-0.05, 0) is 31.2 Å². The first-order valence-corrected chi connectivity index (χ1v) is 8.60. The minimum atomic E-state index is 0.637. The van der Waals surface area contributed by atoms with Crippen molar-refractivity contribution in [3.05, 3.63) is 0 Å². The summed E-state index contributed by atoms with van der Waals surface area (Å²) in [5.41, 5.74) is 0. The fourth-order valence-electron chi connectivity index (χ4n) is 2.98. The van der Waals surface area contributed by atoms with Crippen LogP contribution in [0.3, 0.4) is 0 Å². The van der Waals surface area contributed by atoms with Gasteiger partial charge in [-0.2, -0.15) is 0 Å². The van der Waals surface area contributed by atoms with Crippen molar-refractivity contribution in [3.8, 4) is 0 Å². The molecule has 0 saturated carbocycles. The van der Waals surface area contributed by atoms with Crippen molar-refractivity contribution in [1.29, 1.82) is 0 Å². The number of methoxy groups -OCH3 is 1. The summed E-state index contributed by atoms with van der Waals surface area (Å²) in [4.78, 5) is 2.70. The Morgan fingerprint density at radius 3 is 2.43 bits per heavy atom. The molecule has 1 rings (SSSR count). The third-order valence-corrected chi connectivity index (χ3v) is 4.48. The van der Waals surface area contributed by atoms with Crippen LogP contribution >= 0.6 is 0 Å². The Bertz CT molecular complexity index is 259. The number of unbranched alkanes of at least 4 members (excludes halogenated alkanes) is 1. The average Bonchev–Trinajstić information content (AvgIpc) is 2.45. The summed E-state index contributed by atoms with van der Waals surface area (Å²) < 4.78 is 10.5. The first-order valence-electron chi connectivity index (χ1n) is 8.60. The quantitative estimate of drug-likeness (QED) is 0.628. The molecule has 1 heterocycles. The molecule has 1 fully saturated rings. The van der Waals surface area contributed by atoms with Crippen LogP contribution < -0.4 is 5.32 Å². The van der Waals surface area contributed by atoms with Gasteiger partial charge in [-0.25, -0.2) is 0 Å². The third-order valence-electron chi connectivity index (χ3n) is 4.48. The lowest BCUT2D eigenvalue weighted by molar-refractivity contribution is 0.0600. The molecule has 0 aromatic carbocycles. The van der Waals surface area contributed by atoms with E-state index in [1.807, 2.05) is 0 Å². The molecule has 0 aliphatic carbocycles. The van der Waals surface area contributed by atoms with E-state index < -0.39 is 0 Å². The molecule has 0 amide bonds. The maximum Gasteiger partial charge on any atom is 0.0700 e. The number of ether oxygens (including phenoxy) is 2. The highest BCUT2D eigenvalue weighted by Crippen LogP contribution is 2.18. The molecule has 126 valence electrons. The number of rotatable bonds is 10. The minimum Gasteiger partial charge on any atom is -0.382 e. The van der Waals surface area contributed by atoms with Gasteiger partial charge in [0, 0.05) is 38.9 Å². The summed E-state index contributed by atoms with van der Waals surface area (Å²) >= 11 is 0. The zero-order chi connectivity index (χ0) is 15.7. The monoisotopic (exact) mass is 300 g/mol. The summed E-state index contributed by atoms with van der Waals surface area (Å²) in [6.07, 6.45) is 2.37. The molecule has 1 aliphatic heterocycles. The maximum atomic E-state index is 5.54. The van der Waals surface area contributed by atoms with Crippen LogP contribution in [0.25, 0.3) is 0 Å². The summed E-state index contributed by atoms with van der Waals surface area (Å²) in [5, 5.41) is 3.72. The lowest BCUT2D eigenvalue weighted by atomic mass is 9.94. The van der Waals surface area contributed by atoms with Gasteiger partial charge < -0.3 is 14.8 Å². The van der Waals surface area contributed by atoms with Gasteiger partial charge in [-0.15, -0.1) is 0 Å². The molecule has 2 unspecified atom stereocenters. The highest BCUT2D eigenvalue weighted by Gasteiger charge is 2.30. The summed E-state index contributed by atoms with van der Waals surface area (Å²) in [6, 6.07) is 1.31. The van der Waals surface area contributed by atoms with E-state index in [-0.39, 0.29) is 0 Å². The normalized spacial score (nSPS) is 24.1. The fourth-order valence-corrected chi connectivity index (χ4v) is 2.98. The minimum absolute atomic E-state index is 0.637. The van der Waals surface area contributed by atoms with Crippen molar-refractivity contribution < 1.29 is 9.47 Å². The summed E-state index contributed by atoms with van der Waals surface area (Å²) in [5.74, 6) is 1.42. The van der Waals surface area contributed by atoms with Crippen LogP contribution in [0.2, 0.25) is 0 Å². The molecule has 1 saturated heterocycles. The first-order chi connectivity index (χ1) is 10.1. The Morgan fingerprint density at radius 2 is 1.81 bits per heavy atom. The molecule has 1 aliphatic rings. The molecule has 4 heteroatoms. The van der Waals surface area contributed by atoms with Crippen LogP contribution in [0.1, 0.15) is 40.5 Å². The standard InChI is InChI=1S/C17H36N2O2/c1-14(2)16-13-19(17(12-18-16)15(3)4)8-6-7-9-21-11-10-20-5/h14-18H,6-13H2,1-5H3. The van der Waals surface area contributed by atoms with Crippen molar-refractivity contribution in [1.82, 2.24) is 10.2 Å². The van der Waals surface area contributed by atoms with E-state index in [0.717, 1.165) is 19.6 Å². The van der Waals surface area contributed by atoms with E-state index in [9.17, 15) is 0 Å². The predicted molar refractivity (Wildman–Crippen MR) is 88.8 cm³/mol. The lowest BCUT2D eigenvalue weighted by Crippen LogP contribution is -2.59. The van der Waals surface area contributed by atoms with Crippen molar-refractivity contribution in [3.63, 3.8) is 0 Å². The number of nitrogens with one attached hydrogen (secondary N) is 1. The molecule has 0 spiro atoms. The van der Waals surface area contributed by atoms with E-state index in [4.69, 9.17) is 9.47 Å². The number of piperazine rings is 1. The van der Waals surface area contributed by atoms with Gasteiger partial charge in [0.1, 0.15) is 0 Å². The van der Waals surface area contributed by atoms with Crippen molar-refractivity contribution in [2.75, 3.05) is 46.6 Å². The van der Waals surface area contributed by atoms with Crippen molar-refractivity contribution in [2.24, 2.45) is 11.8 Å². The molecule has 0 radical (unpaired) electrons. The van der Waals surface area contributed by atoms with E-state index >= 15 is 0 Å². The van der Waals surface area contributed by atoms with E-state index in [1.165, 1.54) is 19.5 Å². The van der Waals surface area contributed by atoms with Crippen LogP contribution in [-0.4, -0.2) is 63.5 Å². The van der Waals surface area contributed by atoms with Gasteiger partial charge in [0.15, 0.2) is 0 Å². The second kappa shape index (κ2) is 10.5. The van der Waals surface area contributed by atoms with Gasteiger partial charge in [-0.1, -0.05) is 27.7 Å². The smallest absolute Gasteiger partial charge is 0.0700 e. The van der Waals surface area contributed by atoms with Crippen LogP contribution in [-0.2, 0) is 9.47 Å². The molecule has 2 atom stereocenters. The zero-order valence-corrected chi connectivity index (χ0v) is 14.7. The molecular weight excluding hydrogens is 264 g/mol. The van der Waals surface area contributed by atoms with Gasteiger partial charge in [0.05, 0.1) is 13.2 Å². The van der Waals surface area contributed by atoms with E-state index in [0.29, 0.717) is 37.1 Å². The number of hydrogen-bond donors (Lipinski definition) is 1. The van der Waals surface area contributed by atoms with Crippen LogP contribution in [0.15, 0.2) is 0 Å². The SMILES string of the molecule is COCCOCCCCN1CC(C(C)C)NCC1C(C)C. The maximum absolute atomic E-state index is 5.54. The number of hydrogen-bond acceptors (Lipinski definition) is 4. The van der Waals surface area contributed by atoms with E-state index in [1.54, 1.807) is 7.11 Å². The second-order valence-electron chi connectivity index (χ2n) is 6.88. The largest absolute Gasteiger partial charge is 0.382 e. The Hall–Kier alpha value is -0.160. The van der Waals surface area contributed by atoms with Gasteiger partial charge in [0.2, 0.25) is 0 Å². The van der Waals surface area contributed by atoms with Crippen LogP contribution in [0.5, 0.6) is 0 Å². The topological polar surface area (TPSA) is 33.7 Å². The zero-order valence-electron chi connectivity index (χ0n) is 14.7. The van der Waals surface area contributed by atoms with Crippen LogP contribution in [0, 0.1) is 11.8 Å². The van der Waals surface area contributed by atoms with E-state index in [2.05, 4.69) is 37.9 Å². The van der Waals surface area contributed by atoms with Gasteiger partial charge in [0.25, 0.3) is 0 Å². The molecular formula is C17H36N2O2. The summed E-state index contributed by atoms with van der Waals surface area (Å²) in [6.45, 7) is 15.1. The predicted octanol–water partition coefficient (Wildman–Crippen LogP) is 2.38. The first kappa shape index (κ1) is 18.9.